The summed E-state index contributed by atoms with van der Waals surface area (Å²) in [5.41, 5.74) is 4.03. The lowest BCUT2D eigenvalue weighted by Crippen LogP contribution is -2.49. The lowest BCUT2D eigenvalue weighted by Gasteiger charge is -2.28. The van der Waals surface area contributed by atoms with Crippen LogP contribution in [-0.4, -0.2) is 18.6 Å². The summed E-state index contributed by atoms with van der Waals surface area (Å²) >= 11 is 6.02. The Morgan fingerprint density at radius 2 is 1.67 bits per heavy atom. The van der Waals surface area contributed by atoms with Gasteiger partial charge in [0.05, 0.1) is 23.9 Å². The first-order valence-electron chi connectivity index (χ1n) is 10.8. The number of carbonyl (C=O) groups excluding carboxylic acids is 2. The van der Waals surface area contributed by atoms with Gasteiger partial charge in [-0.05, 0) is 42.2 Å². The van der Waals surface area contributed by atoms with Crippen molar-refractivity contribution < 1.29 is 18.9 Å². The van der Waals surface area contributed by atoms with Crippen molar-refractivity contribution in [1.29, 1.82) is 0 Å². The Hall–Kier alpha value is -3.64. The van der Waals surface area contributed by atoms with Gasteiger partial charge in [0, 0.05) is 17.2 Å². The number of rotatable bonds is 7. The van der Waals surface area contributed by atoms with E-state index >= 15 is 0 Å². The Bertz CT molecular complexity index is 1160. The highest BCUT2D eigenvalue weighted by atomic mass is 35.5. The Labute approximate surface area is 197 Å². The third kappa shape index (κ3) is 5.59. The van der Waals surface area contributed by atoms with E-state index in [1.54, 1.807) is 31.2 Å². The molecule has 3 aromatic rings. The molecular formula is C26H25ClN3O3+. The first-order chi connectivity index (χ1) is 16.0. The molecule has 168 valence electrons. The number of hydrogen-bond acceptors (Lipinski definition) is 3. The number of amides is 2. The van der Waals surface area contributed by atoms with Gasteiger partial charge in [0.1, 0.15) is 0 Å². The highest BCUT2D eigenvalue weighted by molar-refractivity contribution is 6.30. The molecule has 2 N–H and O–H groups in total. The molecule has 2 heterocycles. The Kier molecular flexibility index (Phi) is 7.05. The Morgan fingerprint density at radius 1 is 1.00 bits per heavy atom. The maximum Gasteiger partial charge on any atom is 0.338 e. The molecule has 7 heteroatoms. The molecule has 6 nitrogen and oxygen atoms in total. The van der Waals surface area contributed by atoms with E-state index in [1.165, 1.54) is 11.1 Å². The summed E-state index contributed by atoms with van der Waals surface area (Å²) in [5, 5.41) is 6.21. The molecule has 1 unspecified atom stereocenters. The molecule has 1 aromatic heterocycles. The number of halogens is 1. The van der Waals surface area contributed by atoms with Crippen LogP contribution in [0.25, 0.3) is 0 Å². The molecule has 1 atom stereocenters. The minimum Gasteiger partial charge on any atom is -0.463 e. The number of aromatic nitrogens is 1. The van der Waals surface area contributed by atoms with E-state index < -0.39 is 12.0 Å². The van der Waals surface area contributed by atoms with Gasteiger partial charge in [-0.2, -0.15) is 4.57 Å². The summed E-state index contributed by atoms with van der Waals surface area (Å²) < 4.78 is 7.25. The molecule has 0 radical (unpaired) electrons. The number of ether oxygens (including phenoxy) is 1. The molecule has 0 spiro atoms. The zero-order valence-electron chi connectivity index (χ0n) is 18.3. The van der Waals surface area contributed by atoms with Gasteiger partial charge in [-0.25, -0.2) is 9.59 Å². The van der Waals surface area contributed by atoms with Gasteiger partial charge in [0.15, 0.2) is 18.9 Å². The molecule has 0 bridgehead atoms. The minimum atomic E-state index is -0.636. The lowest BCUT2D eigenvalue weighted by atomic mass is 9.95. The fourth-order valence-electron chi connectivity index (χ4n) is 3.82. The monoisotopic (exact) mass is 462 g/mol. The van der Waals surface area contributed by atoms with E-state index in [-0.39, 0.29) is 12.6 Å². The van der Waals surface area contributed by atoms with Crippen LogP contribution < -0.4 is 15.2 Å². The van der Waals surface area contributed by atoms with Crippen molar-refractivity contribution in [2.24, 2.45) is 0 Å². The van der Waals surface area contributed by atoms with Crippen LogP contribution in [-0.2, 0) is 22.5 Å². The molecular weight excluding hydrogens is 438 g/mol. The van der Waals surface area contributed by atoms with E-state index in [0.717, 1.165) is 12.0 Å². The summed E-state index contributed by atoms with van der Waals surface area (Å²) in [6, 6.07) is 20.4. The zero-order valence-corrected chi connectivity index (χ0v) is 19.0. The molecule has 0 saturated heterocycles. The van der Waals surface area contributed by atoms with Crippen LogP contribution in [0.3, 0.4) is 0 Å². The van der Waals surface area contributed by atoms with Crippen molar-refractivity contribution in [2.45, 2.75) is 25.9 Å². The van der Waals surface area contributed by atoms with Gasteiger partial charge in [-0.15, -0.1) is 0 Å². The zero-order chi connectivity index (χ0) is 23.2. The number of allylic oxidation sites excluding steroid dienone is 1. The topological polar surface area (TPSA) is 71.3 Å². The Balaban J connectivity index is 1.63. The first-order valence-corrected chi connectivity index (χ1v) is 11.2. The molecule has 0 aliphatic carbocycles. The minimum absolute atomic E-state index is 0.234. The molecule has 1 aliphatic heterocycles. The van der Waals surface area contributed by atoms with E-state index in [0.29, 0.717) is 22.8 Å². The smallest absolute Gasteiger partial charge is 0.338 e. The molecule has 0 fully saturated rings. The van der Waals surface area contributed by atoms with Crippen molar-refractivity contribution in [1.82, 2.24) is 10.6 Å². The summed E-state index contributed by atoms with van der Waals surface area (Å²) in [4.78, 5) is 25.4. The SMILES string of the molecule is CCOC(=O)C1=C(C[n+]2ccc(Cc3ccccc3)cc2)NC(=O)NC1c1ccc(Cl)cc1. The predicted octanol–water partition coefficient (Wildman–Crippen LogP) is 4.09. The average Bonchev–Trinajstić information content (AvgIpc) is 2.81. The van der Waals surface area contributed by atoms with Crippen molar-refractivity contribution in [3.8, 4) is 0 Å². The van der Waals surface area contributed by atoms with Crippen LogP contribution in [0, 0.1) is 0 Å². The van der Waals surface area contributed by atoms with Crippen LogP contribution in [0.15, 0.2) is 90.4 Å². The van der Waals surface area contributed by atoms with Crippen molar-refractivity contribution in [3.05, 3.63) is 112 Å². The standard InChI is InChI=1S/C26H24ClN3O3/c1-2-33-25(31)23-22(28-26(32)29-24(23)20-8-10-21(27)11-9-20)17-30-14-12-19(13-15-30)16-18-6-4-3-5-7-18/h3-15,24H,2,16-17H2,1H3,(H-,28,29,31,32)/p+1. The second-order valence-corrected chi connectivity index (χ2v) is 8.17. The second-order valence-electron chi connectivity index (χ2n) is 7.74. The fraction of sp³-hybridized carbons (Fsp3) is 0.192. The molecule has 33 heavy (non-hydrogen) atoms. The Morgan fingerprint density at radius 3 is 2.33 bits per heavy atom. The third-order valence-corrected chi connectivity index (χ3v) is 5.66. The third-order valence-electron chi connectivity index (χ3n) is 5.40. The highest BCUT2D eigenvalue weighted by Gasteiger charge is 2.35. The van der Waals surface area contributed by atoms with Gasteiger partial charge in [-0.3, -0.25) is 0 Å². The van der Waals surface area contributed by atoms with Gasteiger partial charge in [0.25, 0.3) is 0 Å². The van der Waals surface area contributed by atoms with Gasteiger partial charge < -0.3 is 15.4 Å². The number of nitrogens with zero attached hydrogens (tertiary/aromatic N) is 1. The number of nitrogens with one attached hydrogen (secondary N) is 2. The van der Waals surface area contributed by atoms with Crippen molar-refractivity contribution in [2.75, 3.05) is 6.61 Å². The van der Waals surface area contributed by atoms with Crippen LogP contribution in [0.1, 0.15) is 29.7 Å². The van der Waals surface area contributed by atoms with Gasteiger partial charge in [-0.1, -0.05) is 54.1 Å². The van der Waals surface area contributed by atoms with Crippen molar-refractivity contribution in [3.63, 3.8) is 0 Å². The number of esters is 1. The predicted molar refractivity (Wildman–Crippen MR) is 125 cm³/mol. The first kappa shape index (κ1) is 22.6. The van der Waals surface area contributed by atoms with Crippen LogP contribution in [0.2, 0.25) is 5.02 Å². The molecule has 2 amide bonds. The highest BCUT2D eigenvalue weighted by Crippen LogP contribution is 2.28. The summed E-state index contributed by atoms with van der Waals surface area (Å²) in [5.74, 6) is -0.471. The maximum absolute atomic E-state index is 12.9. The molecule has 0 saturated carbocycles. The van der Waals surface area contributed by atoms with Gasteiger partial charge in [0.2, 0.25) is 0 Å². The second kappa shape index (κ2) is 10.3. The molecule has 1 aliphatic rings. The van der Waals surface area contributed by atoms with Gasteiger partial charge >= 0.3 is 12.0 Å². The van der Waals surface area contributed by atoms with Crippen LogP contribution in [0.5, 0.6) is 0 Å². The fourth-order valence-corrected chi connectivity index (χ4v) is 3.95. The van der Waals surface area contributed by atoms with E-state index in [2.05, 4.69) is 22.8 Å². The lowest BCUT2D eigenvalue weighted by molar-refractivity contribution is -0.689. The number of carbonyl (C=O) groups is 2. The molecule has 2 aromatic carbocycles. The van der Waals surface area contributed by atoms with E-state index in [1.807, 2.05) is 47.3 Å². The quantitative estimate of drug-likeness (QED) is 0.410. The largest absolute Gasteiger partial charge is 0.463 e. The molecule has 4 rings (SSSR count). The number of pyridine rings is 1. The summed E-state index contributed by atoms with van der Waals surface area (Å²) in [6.45, 7) is 2.31. The average molecular weight is 463 g/mol. The van der Waals surface area contributed by atoms with E-state index in [9.17, 15) is 9.59 Å². The summed E-state index contributed by atoms with van der Waals surface area (Å²) in [6.07, 6.45) is 4.72. The number of urea groups is 1. The maximum atomic E-state index is 12.9. The van der Waals surface area contributed by atoms with Crippen LogP contribution >= 0.6 is 11.6 Å². The number of benzene rings is 2. The van der Waals surface area contributed by atoms with E-state index in [4.69, 9.17) is 16.3 Å². The number of hydrogen-bond donors (Lipinski definition) is 2. The van der Waals surface area contributed by atoms with Crippen molar-refractivity contribution >= 4 is 23.6 Å². The van der Waals surface area contributed by atoms with Crippen LogP contribution in [0.4, 0.5) is 4.79 Å². The summed E-state index contributed by atoms with van der Waals surface area (Å²) in [7, 11) is 0. The normalized spacial score (nSPS) is 15.6.